The molecule has 1 heterocycles. The molecule has 0 aromatic heterocycles. The first-order chi connectivity index (χ1) is 13.6. The van der Waals surface area contributed by atoms with Crippen molar-refractivity contribution in [1.29, 1.82) is 0 Å². The number of aryl methyl sites for hydroxylation is 2. The Hall–Kier alpha value is -2.17. The first kappa shape index (κ1) is 19.2. The van der Waals surface area contributed by atoms with E-state index in [1.807, 2.05) is 47.0 Å². The van der Waals surface area contributed by atoms with Crippen molar-refractivity contribution in [1.82, 2.24) is 0 Å². The van der Waals surface area contributed by atoms with Gasteiger partial charge in [0, 0.05) is 15.5 Å². The number of carbonyl (C=O) groups excluding carboxylic acids is 1. The van der Waals surface area contributed by atoms with E-state index in [-0.39, 0.29) is 11.9 Å². The van der Waals surface area contributed by atoms with Crippen LogP contribution in [0.3, 0.4) is 0 Å². The number of carbonyl (C=O) groups is 1. The number of para-hydroxylation sites is 1. The standard InChI is InChI=1S/C24H23NOS2/c1-17-12-13-22(18(2)14-17)28-16-24(26)25-20-10-6-7-11-23(20)27-15-21(25)19-8-4-3-5-9-19/h3-14,21H,15-16H2,1-2H3/t21-/m0/s1. The summed E-state index contributed by atoms with van der Waals surface area (Å²) in [5, 5.41) is 0. The number of hydrogen-bond acceptors (Lipinski definition) is 3. The van der Waals surface area contributed by atoms with E-state index >= 15 is 0 Å². The highest BCUT2D eigenvalue weighted by Crippen LogP contribution is 2.43. The van der Waals surface area contributed by atoms with Crippen LogP contribution in [0.5, 0.6) is 0 Å². The van der Waals surface area contributed by atoms with E-state index in [1.54, 1.807) is 11.8 Å². The number of anilines is 1. The number of nitrogens with zero attached hydrogens (tertiary/aromatic N) is 1. The second-order valence-corrected chi connectivity index (χ2v) is 9.11. The molecule has 0 fully saturated rings. The molecule has 4 rings (SSSR count). The van der Waals surface area contributed by atoms with E-state index in [0.717, 1.165) is 11.4 Å². The highest BCUT2D eigenvalue weighted by Gasteiger charge is 2.32. The highest BCUT2D eigenvalue weighted by atomic mass is 32.2. The Kier molecular flexibility index (Phi) is 5.79. The number of benzene rings is 3. The molecule has 1 amide bonds. The van der Waals surface area contributed by atoms with Gasteiger partial charge >= 0.3 is 0 Å². The maximum atomic E-state index is 13.4. The molecule has 3 aromatic carbocycles. The maximum absolute atomic E-state index is 13.4. The van der Waals surface area contributed by atoms with Gasteiger partial charge in [-0.25, -0.2) is 0 Å². The molecule has 3 aromatic rings. The van der Waals surface area contributed by atoms with Crippen molar-refractivity contribution in [3.8, 4) is 0 Å². The number of amides is 1. The van der Waals surface area contributed by atoms with Gasteiger partial charge in [-0.1, -0.05) is 60.2 Å². The molecule has 0 spiro atoms. The summed E-state index contributed by atoms with van der Waals surface area (Å²) < 4.78 is 0. The highest BCUT2D eigenvalue weighted by molar-refractivity contribution is 8.00. The van der Waals surface area contributed by atoms with E-state index in [9.17, 15) is 4.79 Å². The average Bonchev–Trinajstić information content (AvgIpc) is 2.72. The summed E-state index contributed by atoms with van der Waals surface area (Å²) in [7, 11) is 0. The minimum Gasteiger partial charge on any atom is -0.302 e. The van der Waals surface area contributed by atoms with E-state index in [1.165, 1.54) is 26.5 Å². The van der Waals surface area contributed by atoms with Gasteiger partial charge in [0.25, 0.3) is 0 Å². The Bertz CT molecular complexity index is 987. The maximum Gasteiger partial charge on any atom is 0.237 e. The third-order valence-corrected chi connectivity index (χ3v) is 7.27. The molecule has 0 bridgehead atoms. The zero-order chi connectivity index (χ0) is 19.5. The number of fused-ring (bicyclic) bond motifs is 1. The fourth-order valence-electron chi connectivity index (χ4n) is 3.59. The first-order valence-electron chi connectivity index (χ1n) is 9.42. The summed E-state index contributed by atoms with van der Waals surface area (Å²) in [6, 6.07) is 25.1. The Morgan fingerprint density at radius 1 is 1.04 bits per heavy atom. The molecule has 0 aliphatic carbocycles. The van der Waals surface area contributed by atoms with Crippen LogP contribution in [-0.4, -0.2) is 17.4 Å². The second-order valence-electron chi connectivity index (χ2n) is 7.03. The molecule has 0 saturated heterocycles. The van der Waals surface area contributed by atoms with Gasteiger partial charge in [-0.05, 0) is 43.2 Å². The third kappa shape index (κ3) is 3.98. The van der Waals surface area contributed by atoms with Gasteiger partial charge in [0.05, 0.1) is 17.5 Å². The van der Waals surface area contributed by atoms with Crippen LogP contribution in [0.2, 0.25) is 0 Å². The van der Waals surface area contributed by atoms with Crippen LogP contribution in [0.1, 0.15) is 22.7 Å². The van der Waals surface area contributed by atoms with E-state index in [0.29, 0.717) is 5.75 Å². The van der Waals surface area contributed by atoms with Crippen LogP contribution in [0.15, 0.2) is 82.6 Å². The van der Waals surface area contributed by atoms with E-state index in [4.69, 9.17) is 0 Å². The summed E-state index contributed by atoms with van der Waals surface area (Å²) >= 11 is 3.46. The summed E-state index contributed by atoms with van der Waals surface area (Å²) in [6.45, 7) is 4.21. The zero-order valence-corrected chi connectivity index (χ0v) is 17.7. The zero-order valence-electron chi connectivity index (χ0n) is 16.1. The third-order valence-electron chi connectivity index (χ3n) is 4.97. The van der Waals surface area contributed by atoms with Crippen LogP contribution in [0, 0.1) is 13.8 Å². The summed E-state index contributed by atoms with van der Waals surface area (Å²) in [4.78, 5) is 17.8. The van der Waals surface area contributed by atoms with Crippen molar-refractivity contribution in [2.45, 2.75) is 29.7 Å². The van der Waals surface area contributed by atoms with E-state index in [2.05, 4.69) is 56.3 Å². The summed E-state index contributed by atoms with van der Waals surface area (Å²) in [5.41, 5.74) is 4.69. The van der Waals surface area contributed by atoms with Gasteiger partial charge in [0.1, 0.15) is 0 Å². The molecule has 0 N–H and O–H groups in total. The van der Waals surface area contributed by atoms with Crippen molar-refractivity contribution in [2.24, 2.45) is 0 Å². The smallest absolute Gasteiger partial charge is 0.237 e. The minimum absolute atomic E-state index is 0.0633. The molecule has 1 atom stereocenters. The van der Waals surface area contributed by atoms with Crippen molar-refractivity contribution in [3.05, 3.63) is 89.5 Å². The van der Waals surface area contributed by atoms with E-state index < -0.39 is 0 Å². The van der Waals surface area contributed by atoms with Gasteiger partial charge in [-0.2, -0.15) is 0 Å². The molecular formula is C24H23NOS2. The fourth-order valence-corrected chi connectivity index (χ4v) is 5.63. The largest absolute Gasteiger partial charge is 0.302 e. The molecule has 142 valence electrons. The topological polar surface area (TPSA) is 20.3 Å². The number of thioether (sulfide) groups is 2. The fraction of sp³-hybridized carbons (Fsp3) is 0.208. The van der Waals surface area contributed by atoms with Gasteiger partial charge in [0.2, 0.25) is 5.91 Å². The Labute approximate surface area is 175 Å². The average molecular weight is 406 g/mol. The van der Waals surface area contributed by atoms with Crippen LogP contribution in [0.4, 0.5) is 5.69 Å². The number of hydrogen-bond donors (Lipinski definition) is 0. The Morgan fingerprint density at radius 2 is 1.79 bits per heavy atom. The molecule has 28 heavy (non-hydrogen) atoms. The molecule has 1 aliphatic heterocycles. The van der Waals surface area contributed by atoms with Gasteiger partial charge in [-0.15, -0.1) is 23.5 Å². The Balaban J connectivity index is 1.62. The van der Waals surface area contributed by atoms with Crippen molar-refractivity contribution in [2.75, 3.05) is 16.4 Å². The summed E-state index contributed by atoms with van der Waals surface area (Å²) in [5.74, 6) is 1.47. The van der Waals surface area contributed by atoms with Gasteiger partial charge < -0.3 is 4.90 Å². The lowest BCUT2D eigenvalue weighted by atomic mass is 10.1. The first-order valence-corrected chi connectivity index (χ1v) is 11.4. The minimum atomic E-state index is 0.0633. The molecule has 1 aliphatic rings. The SMILES string of the molecule is Cc1ccc(SCC(=O)N2c3ccccc3SC[C@H]2c2ccccc2)c(C)c1. The molecule has 0 unspecified atom stereocenters. The molecular weight excluding hydrogens is 382 g/mol. The van der Waals surface area contributed by atoms with Crippen LogP contribution >= 0.6 is 23.5 Å². The van der Waals surface area contributed by atoms with Crippen molar-refractivity contribution < 1.29 is 4.79 Å². The normalized spacial score (nSPS) is 15.9. The molecule has 2 nitrogen and oxygen atoms in total. The lowest BCUT2D eigenvalue weighted by molar-refractivity contribution is -0.116. The second kappa shape index (κ2) is 8.46. The number of rotatable bonds is 4. The lowest BCUT2D eigenvalue weighted by Gasteiger charge is -2.37. The van der Waals surface area contributed by atoms with Crippen LogP contribution in [-0.2, 0) is 4.79 Å². The van der Waals surface area contributed by atoms with Crippen molar-refractivity contribution >= 4 is 35.1 Å². The molecule has 0 radical (unpaired) electrons. The molecule has 4 heteroatoms. The lowest BCUT2D eigenvalue weighted by Crippen LogP contribution is -2.39. The summed E-state index contributed by atoms with van der Waals surface area (Å²) in [6.07, 6.45) is 0. The molecule has 0 saturated carbocycles. The predicted octanol–water partition coefficient (Wildman–Crippen LogP) is 6.28. The van der Waals surface area contributed by atoms with Crippen LogP contribution in [0.25, 0.3) is 0 Å². The van der Waals surface area contributed by atoms with Gasteiger partial charge in [-0.3, -0.25) is 4.79 Å². The quantitative estimate of drug-likeness (QED) is 0.477. The van der Waals surface area contributed by atoms with Crippen molar-refractivity contribution in [3.63, 3.8) is 0 Å². The van der Waals surface area contributed by atoms with Crippen LogP contribution < -0.4 is 4.90 Å². The predicted molar refractivity (Wildman–Crippen MR) is 120 cm³/mol. The Morgan fingerprint density at radius 3 is 2.57 bits per heavy atom. The monoisotopic (exact) mass is 405 g/mol. The van der Waals surface area contributed by atoms with Gasteiger partial charge in [0.15, 0.2) is 0 Å².